The van der Waals surface area contributed by atoms with Gasteiger partial charge in [-0.3, -0.25) is 0 Å². The van der Waals surface area contributed by atoms with E-state index in [1.54, 1.807) is 12.1 Å². The molecule has 0 amide bonds. The third kappa shape index (κ3) is 2.67. The number of hydrogen-bond donors (Lipinski definition) is 2. The van der Waals surface area contributed by atoms with Crippen molar-refractivity contribution in [2.45, 2.75) is 32.3 Å². The summed E-state index contributed by atoms with van der Waals surface area (Å²) in [7, 11) is 0. The van der Waals surface area contributed by atoms with Crippen molar-refractivity contribution in [1.82, 2.24) is 0 Å². The Morgan fingerprint density at radius 2 is 2.00 bits per heavy atom. The molecule has 1 saturated carbocycles. The summed E-state index contributed by atoms with van der Waals surface area (Å²) >= 11 is 11.9. The highest BCUT2D eigenvalue weighted by atomic mass is 35.5. The van der Waals surface area contributed by atoms with Gasteiger partial charge >= 0.3 is 0 Å². The summed E-state index contributed by atoms with van der Waals surface area (Å²) in [5.74, 6) is 0.243. The van der Waals surface area contributed by atoms with Crippen molar-refractivity contribution >= 4 is 23.2 Å². The minimum atomic E-state index is -0.415. The van der Waals surface area contributed by atoms with E-state index in [2.05, 4.69) is 13.8 Å². The normalized spacial score (nSPS) is 24.7. The summed E-state index contributed by atoms with van der Waals surface area (Å²) in [6.07, 6.45) is 0.633. The molecule has 1 aliphatic rings. The van der Waals surface area contributed by atoms with Crippen molar-refractivity contribution < 1.29 is 5.11 Å². The van der Waals surface area contributed by atoms with Crippen LogP contribution >= 0.6 is 23.2 Å². The summed E-state index contributed by atoms with van der Waals surface area (Å²) in [6, 6.07) is 5.46. The van der Waals surface area contributed by atoms with E-state index >= 15 is 0 Å². The van der Waals surface area contributed by atoms with Crippen LogP contribution in [0.4, 0.5) is 0 Å². The van der Waals surface area contributed by atoms with E-state index in [4.69, 9.17) is 28.9 Å². The summed E-state index contributed by atoms with van der Waals surface area (Å²) in [4.78, 5) is 0. The van der Waals surface area contributed by atoms with E-state index in [1.165, 1.54) is 0 Å². The van der Waals surface area contributed by atoms with Crippen LogP contribution in [-0.4, -0.2) is 17.8 Å². The van der Waals surface area contributed by atoms with Gasteiger partial charge in [0, 0.05) is 12.5 Å². The van der Waals surface area contributed by atoms with Gasteiger partial charge in [-0.1, -0.05) is 43.1 Å². The molecule has 1 aromatic carbocycles. The van der Waals surface area contributed by atoms with Crippen LogP contribution in [0.15, 0.2) is 18.2 Å². The first kappa shape index (κ1) is 14.1. The maximum atomic E-state index is 10.4. The van der Waals surface area contributed by atoms with Crippen molar-refractivity contribution in [2.75, 3.05) is 6.54 Å². The molecule has 4 heteroatoms. The predicted molar refractivity (Wildman–Crippen MR) is 76.2 cm³/mol. The molecular weight excluding hydrogens is 269 g/mol. The molecule has 2 nitrogen and oxygen atoms in total. The molecule has 0 saturated heterocycles. The Kier molecular flexibility index (Phi) is 3.93. The quantitative estimate of drug-likeness (QED) is 0.891. The number of aliphatic hydroxyl groups excluding tert-OH is 1. The van der Waals surface area contributed by atoms with Crippen molar-refractivity contribution in [3.05, 3.63) is 33.8 Å². The van der Waals surface area contributed by atoms with Crippen LogP contribution in [0.2, 0.25) is 10.0 Å². The second-order valence-electron chi connectivity index (χ2n) is 5.81. The second kappa shape index (κ2) is 5.01. The number of rotatable bonds is 4. The number of halogens is 2. The molecule has 3 atom stereocenters. The molecule has 3 unspecified atom stereocenters. The minimum Gasteiger partial charge on any atom is -0.392 e. The summed E-state index contributed by atoms with van der Waals surface area (Å²) in [5, 5.41) is 11.5. The van der Waals surface area contributed by atoms with Gasteiger partial charge in [0.15, 0.2) is 0 Å². The molecule has 1 aromatic rings. The molecule has 0 aromatic heterocycles. The van der Waals surface area contributed by atoms with E-state index in [9.17, 15) is 5.11 Å². The van der Waals surface area contributed by atoms with E-state index in [0.29, 0.717) is 22.5 Å². The molecule has 0 bridgehead atoms. The van der Waals surface area contributed by atoms with Gasteiger partial charge in [0.2, 0.25) is 0 Å². The zero-order valence-electron chi connectivity index (χ0n) is 10.7. The average Bonchev–Trinajstić information content (AvgIpc) is 2.94. The number of hydrogen-bond acceptors (Lipinski definition) is 2. The van der Waals surface area contributed by atoms with E-state index < -0.39 is 6.10 Å². The third-order valence-corrected chi connectivity index (χ3v) is 4.78. The molecule has 0 radical (unpaired) electrons. The van der Waals surface area contributed by atoms with Crippen molar-refractivity contribution in [2.24, 2.45) is 17.1 Å². The van der Waals surface area contributed by atoms with Crippen LogP contribution in [0.3, 0.4) is 0 Å². The first-order valence-electron chi connectivity index (χ1n) is 6.20. The highest BCUT2D eigenvalue weighted by molar-refractivity contribution is 6.42. The van der Waals surface area contributed by atoms with E-state index in [-0.39, 0.29) is 11.3 Å². The van der Waals surface area contributed by atoms with Crippen LogP contribution in [0.25, 0.3) is 0 Å². The van der Waals surface area contributed by atoms with Gasteiger partial charge in [0.05, 0.1) is 16.1 Å². The third-order valence-electron chi connectivity index (χ3n) is 4.04. The fourth-order valence-corrected chi connectivity index (χ4v) is 2.89. The maximum Gasteiger partial charge on any atom is 0.0654 e. The van der Waals surface area contributed by atoms with E-state index in [1.807, 2.05) is 6.07 Å². The topological polar surface area (TPSA) is 46.2 Å². The highest BCUT2D eigenvalue weighted by Crippen LogP contribution is 2.55. The predicted octanol–water partition coefficient (Wildman–Crippen LogP) is 3.44. The summed E-state index contributed by atoms with van der Waals surface area (Å²) in [6.45, 7) is 4.75. The first-order chi connectivity index (χ1) is 8.36. The van der Waals surface area contributed by atoms with Crippen molar-refractivity contribution in [3.8, 4) is 0 Å². The zero-order chi connectivity index (χ0) is 13.5. The molecule has 100 valence electrons. The Morgan fingerprint density at radius 1 is 1.39 bits per heavy atom. The molecule has 18 heavy (non-hydrogen) atoms. The van der Waals surface area contributed by atoms with Crippen LogP contribution in [-0.2, 0) is 0 Å². The maximum absolute atomic E-state index is 10.4. The van der Waals surface area contributed by atoms with Gasteiger partial charge in [0.25, 0.3) is 0 Å². The van der Waals surface area contributed by atoms with Crippen LogP contribution in [0, 0.1) is 11.3 Å². The summed E-state index contributed by atoms with van der Waals surface area (Å²) < 4.78 is 0. The van der Waals surface area contributed by atoms with Gasteiger partial charge in [0.1, 0.15) is 0 Å². The molecule has 1 aliphatic carbocycles. The van der Waals surface area contributed by atoms with Gasteiger partial charge in [-0.2, -0.15) is 0 Å². The number of benzene rings is 1. The molecular formula is C14H19Cl2NO. The Bertz CT molecular complexity index is 447. The first-order valence-corrected chi connectivity index (χ1v) is 6.95. The van der Waals surface area contributed by atoms with Crippen molar-refractivity contribution in [3.63, 3.8) is 0 Å². The monoisotopic (exact) mass is 287 g/mol. The lowest BCUT2D eigenvalue weighted by molar-refractivity contribution is 0.109. The molecule has 3 N–H and O–H groups in total. The minimum absolute atomic E-state index is 0.0773. The number of aliphatic hydroxyl groups is 1. The Labute approximate surface area is 118 Å². The molecule has 0 heterocycles. The molecule has 0 aliphatic heterocycles. The lowest BCUT2D eigenvalue weighted by Crippen LogP contribution is -2.29. The lowest BCUT2D eigenvalue weighted by Gasteiger charge is -2.23. The average molecular weight is 288 g/mol. The fourth-order valence-electron chi connectivity index (χ4n) is 2.59. The molecule has 1 fully saturated rings. The summed E-state index contributed by atoms with van der Waals surface area (Å²) in [5.41, 5.74) is 7.00. The lowest BCUT2D eigenvalue weighted by atomic mass is 9.88. The fraction of sp³-hybridized carbons (Fsp3) is 0.571. The highest BCUT2D eigenvalue weighted by Gasteiger charge is 2.51. The smallest absolute Gasteiger partial charge is 0.0654 e. The van der Waals surface area contributed by atoms with Gasteiger partial charge in [-0.25, -0.2) is 0 Å². The zero-order valence-corrected chi connectivity index (χ0v) is 12.2. The van der Waals surface area contributed by atoms with Crippen molar-refractivity contribution in [1.29, 1.82) is 0 Å². The Balaban J connectivity index is 2.20. The van der Waals surface area contributed by atoms with Crippen LogP contribution in [0.5, 0.6) is 0 Å². The Hall–Kier alpha value is -0.280. The van der Waals surface area contributed by atoms with Crippen LogP contribution < -0.4 is 5.73 Å². The number of nitrogens with two attached hydrogens (primary N) is 1. The van der Waals surface area contributed by atoms with Gasteiger partial charge in [-0.15, -0.1) is 0 Å². The largest absolute Gasteiger partial charge is 0.392 e. The van der Waals surface area contributed by atoms with Crippen LogP contribution in [0.1, 0.15) is 31.7 Å². The van der Waals surface area contributed by atoms with Gasteiger partial charge in [-0.05, 0) is 35.4 Å². The molecule has 0 spiro atoms. The molecule has 2 rings (SSSR count). The standard InChI is InChI=1S/C14H19Cl2NO/c1-14(2)6-10(14)13(18)9(7-17)8-3-4-11(15)12(16)5-8/h3-5,9-10,13,18H,6-7,17H2,1-2H3. The Morgan fingerprint density at radius 3 is 2.44 bits per heavy atom. The SMILES string of the molecule is CC1(C)CC1C(O)C(CN)c1ccc(Cl)c(Cl)c1. The van der Waals surface area contributed by atoms with Gasteiger partial charge < -0.3 is 10.8 Å². The van der Waals surface area contributed by atoms with E-state index in [0.717, 1.165) is 12.0 Å². The second-order valence-corrected chi connectivity index (χ2v) is 6.62.